The van der Waals surface area contributed by atoms with Crippen molar-refractivity contribution in [2.24, 2.45) is 0 Å². The largest absolute Gasteiger partial charge is 0.347 e. The first-order valence-corrected chi connectivity index (χ1v) is 7.76. The Labute approximate surface area is 126 Å². The molecule has 3 nitrogen and oxygen atoms in total. The summed E-state index contributed by atoms with van der Waals surface area (Å²) in [7, 11) is 1.91. The molecule has 0 unspecified atom stereocenters. The fraction of sp³-hybridized carbons (Fsp3) is 0.562. The number of nitrogens with one attached hydrogen (secondary N) is 2. The highest BCUT2D eigenvalue weighted by atomic mass is 35.5. The van der Waals surface area contributed by atoms with Gasteiger partial charge in [-0.1, -0.05) is 36.6 Å². The second kappa shape index (κ2) is 7.09. The minimum atomic E-state index is -0.179. The molecule has 0 atom stereocenters. The lowest BCUT2D eigenvalue weighted by Crippen LogP contribution is -2.43. The van der Waals surface area contributed by atoms with Gasteiger partial charge in [-0.15, -0.1) is 0 Å². The van der Waals surface area contributed by atoms with Gasteiger partial charge in [0.2, 0.25) is 5.91 Å². The standard InChI is InChI=1S/C16H23ClN2O/c1-18-12-4-5-15(20)19-16(10-2-3-11-16)13-6-8-14(17)9-7-13/h6-9,18H,2-5,10-12H2,1H3,(H,19,20). The molecule has 1 aliphatic carbocycles. The molecule has 0 aliphatic heterocycles. The number of carbonyl (C=O) groups excluding carboxylic acids is 1. The summed E-state index contributed by atoms with van der Waals surface area (Å²) < 4.78 is 0. The van der Waals surface area contributed by atoms with Crippen LogP contribution in [0.25, 0.3) is 0 Å². The molecule has 1 fully saturated rings. The first-order chi connectivity index (χ1) is 9.66. The summed E-state index contributed by atoms with van der Waals surface area (Å²) in [5.41, 5.74) is 1.00. The lowest BCUT2D eigenvalue weighted by Gasteiger charge is -2.31. The van der Waals surface area contributed by atoms with E-state index in [1.165, 1.54) is 18.4 Å². The summed E-state index contributed by atoms with van der Waals surface area (Å²) in [4.78, 5) is 12.2. The third-order valence-corrected chi connectivity index (χ3v) is 4.32. The summed E-state index contributed by atoms with van der Waals surface area (Å²) in [6.07, 6.45) is 5.83. The summed E-state index contributed by atoms with van der Waals surface area (Å²) in [5, 5.41) is 7.08. The molecule has 1 aromatic rings. The van der Waals surface area contributed by atoms with Crippen molar-refractivity contribution in [2.75, 3.05) is 13.6 Å². The Hall–Kier alpha value is -1.06. The fourth-order valence-electron chi connectivity index (χ4n) is 2.99. The molecule has 4 heteroatoms. The molecule has 2 rings (SSSR count). The molecule has 0 saturated heterocycles. The molecule has 1 amide bonds. The van der Waals surface area contributed by atoms with Crippen LogP contribution in [-0.4, -0.2) is 19.5 Å². The first kappa shape index (κ1) is 15.3. The molecule has 1 aromatic carbocycles. The van der Waals surface area contributed by atoms with Crippen LogP contribution in [0.4, 0.5) is 0 Å². The van der Waals surface area contributed by atoms with Crippen molar-refractivity contribution in [3.05, 3.63) is 34.9 Å². The van der Waals surface area contributed by atoms with Gasteiger partial charge in [-0.05, 0) is 50.6 Å². The van der Waals surface area contributed by atoms with Crippen molar-refractivity contribution in [3.8, 4) is 0 Å². The molecule has 0 spiro atoms. The minimum Gasteiger partial charge on any atom is -0.347 e. The van der Waals surface area contributed by atoms with E-state index in [-0.39, 0.29) is 11.4 Å². The molecule has 110 valence electrons. The van der Waals surface area contributed by atoms with E-state index in [0.717, 1.165) is 30.8 Å². The van der Waals surface area contributed by atoms with Gasteiger partial charge in [-0.25, -0.2) is 0 Å². The van der Waals surface area contributed by atoms with Gasteiger partial charge in [0.05, 0.1) is 5.54 Å². The van der Waals surface area contributed by atoms with E-state index < -0.39 is 0 Å². The second-order valence-electron chi connectivity index (χ2n) is 5.55. The molecule has 0 radical (unpaired) electrons. The normalized spacial score (nSPS) is 17.1. The quantitative estimate of drug-likeness (QED) is 0.791. The van der Waals surface area contributed by atoms with Crippen LogP contribution in [0.5, 0.6) is 0 Å². The number of amides is 1. The third kappa shape index (κ3) is 3.74. The van der Waals surface area contributed by atoms with E-state index in [4.69, 9.17) is 11.6 Å². The van der Waals surface area contributed by atoms with Crippen molar-refractivity contribution in [2.45, 2.75) is 44.1 Å². The molecule has 0 aromatic heterocycles. The lowest BCUT2D eigenvalue weighted by atomic mass is 9.88. The van der Waals surface area contributed by atoms with Gasteiger partial charge in [-0.3, -0.25) is 4.79 Å². The first-order valence-electron chi connectivity index (χ1n) is 7.38. The van der Waals surface area contributed by atoms with Crippen molar-refractivity contribution in [1.29, 1.82) is 0 Å². The lowest BCUT2D eigenvalue weighted by molar-refractivity contribution is -0.123. The summed E-state index contributed by atoms with van der Waals surface area (Å²) >= 11 is 5.96. The molecule has 1 saturated carbocycles. The monoisotopic (exact) mass is 294 g/mol. The van der Waals surface area contributed by atoms with Gasteiger partial charge in [-0.2, -0.15) is 0 Å². The maximum absolute atomic E-state index is 12.2. The predicted octanol–water partition coefficient (Wildman–Crippen LogP) is 3.23. The average Bonchev–Trinajstić information content (AvgIpc) is 2.89. The van der Waals surface area contributed by atoms with E-state index in [1.807, 2.05) is 31.3 Å². The van der Waals surface area contributed by atoms with Gasteiger partial charge in [0.15, 0.2) is 0 Å². The average molecular weight is 295 g/mol. The molecule has 0 heterocycles. The van der Waals surface area contributed by atoms with Gasteiger partial charge in [0.1, 0.15) is 0 Å². The molecular weight excluding hydrogens is 272 g/mol. The summed E-state index contributed by atoms with van der Waals surface area (Å²) in [6.45, 7) is 0.876. The Kier molecular flexibility index (Phi) is 5.44. The zero-order valence-corrected chi connectivity index (χ0v) is 12.8. The molecule has 1 aliphatic rings. The number of rotatable bonds is 6. The highest BCUT2D eigenvalue weighted by Gasteiger charge is 2.36. The summed E-state index contributed by atoms with van der Waals surface area (Å²) in [6, 6.07) is 7.90. The molecular formula is C16H23ClN2O. The fourth-order valence-corrected chi connectivity index (χ4v) is 3.11. The zero-order valence-electron chi connectivity index (χ0n) is 12.0. The second-order valence-corrected chi connectivity index (χ2v) is 5.99. The van der Waals surface area contributed by atoms with Crippen molar-refractivity contribution >= 4 is 17.5 Å². The SMILES string of the molecule is CNCCCC(=O)NC1(c2ccc(Cl)cc2)CCCC1. The van der Waals surface area contributed by atoms with E-state index in [0.29, 0.717) is 6.42 Å². The molecule has 20 heavy (non-hydrogen) atoms. The van der Waals surface area contributed by atoms with Gasteiger partial charge in [0, 0.05) is 11.4 Å². The molecule has 2 N–H and O–H groups in total. The van der Waals surface area contributed by atoms with E-state index in [1.54, 1.807) is 0 Å². The number of halogens is 1. The van der Waals surface area contributed by atoms with Crippen LogP contribution in [-0.2, 0) is 10.3 Å². The van der Waals surface area contributed by atoms with Crippen molar-refractivity contribution in [1.82, 2.24) is 10.6 Å². The Balaban J connectivity index is 2.06. The van der Waals surface area contributed by atoms with Crippen LogP contribution in [0.1, 0.15) is 44.1 Å². The zero-order chi connectivity index (χ0) is 14.4. The molecule has 0 bridgehead atoms. The van der Waals surface area contributed by atoms with Crippen molar-refractivity contribution in [3.63, 3.8) is 0 Å². The maximum Gasteiger partial charge on any atom is 0.220 e. The Morgan fingerprint density at radius 3 is 2.50 bits per heavy atom. The highest BCUT2D eigenvalue weighted by molar-refractivity contribution is 6.30. The number of hydrogen-bond acceptors (Lipinski definition) is 2. The van der Waals surface area contributed by atoms with Crippen LogP contribution in [0.2, 0.25) is 5.02 Å². The van der Waals surface area contributed by atoms with Crippen LogP contribution < -0.4 is 10.6 Å². The smallest absolute Gasteiger partial charge is 0.220 e. The van der Waals surface area contributed by atoms with E-state index >= 15 is 0 Å². The Morgan fingerprint density at radius 1 is 1.25 bits per heavy atom. The third-order valence-electron chi connectivity index (χ3n) is 4.06. The summed E-state index contributed by atoms with van der Waals surface area (Å²) in [5.74, 6) is 0.150. The number of benzene rings is 1. The number of carbonyl (C=O) groups is 1. The predicted molar refractivity (Wildman–Crippen MR) is 82.9 cm³/mol. The van der Waals surface area contributed by atoms with Gasteiger partial charge in [0.25, 0.3) is 0 Å². The van der Waals surface area contributed by atoms with Gasteiger partial charge >= 0.3 is 0 Å². The topological polar surface area (TPSA) is 41.1 Å². The van der Waals surface area contributed by atoms with Crippen LogP contribution in [0, 0.1) is 0 Å². The maximum atomic E-state index is 12.2. The van der Waals surface area contributed by atoms with E-state index in [2.05, 4.69) is 10.6 Å². The van der Waals surface area contributed by atoms with Crippen LogP contribution >= 0.6 is 11.6 Å². The van der Waals surface area contributed by atoms with Crippen LogP contribution in [0.15, 0.2) is 24.3 Å². The van der Waals surface area contributed by atoms with Crippen LogP contribution in [0.3, 0.4) is 0 Å². The van der Waals surface area contributed by atoms with Gasteiger partial charge < -0.3 is 10.6 Å². The minimum absolute atomic E-state index is 0.150. The highest BCUT2D eigenvalue weighted by Crippen LogP contribution is 2.39. The van der Waals surface area contributed by atoms with E-state index in [9.17, 15) is 4.79 Å². The van der Waals surface area contributed by atoms with Crippen molar-refractivity contribution < 1.29 is 4.79 Å². The number of hydrogen-bond donors (Lipinski definition) is 2. The Bertz CT molecular complexity index is 438. The Morgan fingerprint density at radius 2 is 1.90 bits per heavy atom.